The second-order valence-electron chi connectivity index (χ2n) is 11.1. The van der Waals surface area contributed by atoms with E-state index in [1.165, 1.54) is 6.20 Å². The summed E-state index contributed by atoms with van der Waals surface area (Å²) in [5.41, 5.74) is -3.90. The van der Waals surface area contributed by atoms with Gasteiger partial charge in [0, 0.05) is 25.6 Å². The van der Waals surface area contributed by atoms with Gasteiger partial charge < -0.3 is 20.1 Å². The Hall–Kier alpha value is -4.28. The Morgan fingerprint density at radius 3 is 2.09 bits per heavy atom. The number of nitrogens with one attached hydrogen (secondary N) is 1. The van der Waals surface area contributed by atoms with Gasteiger partial charge in [-0.15, -0.1) is 0 Å². The molecule has 0 bridgehead atoms. The standard InChI is InChI=1S/C30H28F9N5O3/c1-2-20-14-22(21-13-17(28(31,32)33)3-4-24(21)44(20)27(45)46)41-26-40-15-25(43-5-7-47-8-6-43)23(42-26)11-16-9-18(29(34,35)36)12-19(10-16)30(37,38)39/h3-4,9-10,12-13,15,20,22H,2,5-8,11,14H2,1H3,(H,45,46)(H,40,41,42)/t20-,22+/m1/s1. The van der Waals surface area contributed by atoms with Gasteiger partial charge in [-0.25, -0.2) is 14.8 Å². The minimum absolute atomic E-state index is 0.00188. The van der Waals surface area contributed by atoms with Gasteiger partial charge in [0.15, 0.2) is 0 Å². The summed E-state index contributed by atoms with van der Waals surface area (Å²) < 4.78 is 128. The number of fused-ring (bicyclic) bond motifs is 1. The summed E-state index contributed by atoms with van der Waals surface area (Å²) in [6.45, 7) is 2.96. The maximum atomic E-state index is 13.7. The number of carboxylic acid groups (broad SMARTS) is 1. The Kier molecular flexibility index (Phi) is 9.23. The molecular weight excluding hydrogens is 649 g/mol. The third-order valence-corrected chi connectivity index (χ3v) is 8.06. The molecule has 2 N–H and O–H groups in total. The first-order valence-corrected chi connectivity index (χ1v) is 14.4. The van der Waals surface area contributed by atoms with Crippen LogP contribution in [0.5, 0.6) is 0 Å². The largest absolute Gasteiger partial charge is 0.465 e. The number of hydrogen-bond donors (Lipinski definition) is 2. The summed E-state index contributed by atoms with van der Waals surface area (Å²) in [5, 5.41) is 12.8. The second-order valence-corrected chi connectivity index (χ2v) is 11.1. The van der Waals surface area contributed by atoms with Crippen LogP contribution in [0.25, 0.3) is 0 Å². The maximum Gasteiger partial charge on any atom is 0.416 e. The number of carbonyl (C=O) groups is 1. The van der Waals surface area contributed by atoms with Crippen molar-refractivity contribution < 1.29 is 54.2 Å². The van der Waals surface area contributed by atoms with Crippen molar-refractivity contribution in [1.29, 1.82) is 0 Å². The van der Waals surface area contributed by atoms with Gasteiger partial charge in [0.25, 0.3) is 0 Å². The van der Waals surface area contributed by atoms with E-state index in [4.69, 9.17) is 4.74 Å². The van der Waals surface area contributed by atoms with E-state index in [0.717, 1.165) is 23.1 Å². The third kappa shape index (κ3) is 7.49. The zero-order valence-corrected chi connectivity index (χ0v) is 24.6. The molecule has 17 heteroatoms. The van der Waals surface area contributed by atoms with E-state index in [9.17, 15) is 49.4 Å². The average Bonchev–Trinajstić information content (AvgIpc) is 2.99. The van der Waals surface area contributed by atoms with Crippen molar-refractivity contribution in [3.63, 3.8) is 0 Å². The molecule has 2 aliphatic rings. The lowest BCUT2D eigenvalue weighted by Crippen LogP contribution is -2.45. The van der Waals surface area contributed by atoms with Crippen LogP contribution < -0.4 is 15.1 Å². The molecule has 2 atom stereocenters. The predicted molar refractivity (Wildman–Crippen MR) is 151 cm³/mol. The van der Waals surface area contributed by atoms with Crippen LogP contribution >= 0.6 is 0 Å². The fourth-order valence-corrected chi connectivity index (χ4v) is 5.83. The van der Waals surface area contributed by atoms with Crippen LogP contribution in [0.1, 0.15) is 59.3 Å². The van der Waals surface area contributed by atoms with E-state index in [2.05, 4.69) is 15.3 Å². The van der Waals surface area contributed by atoms with Crippen LogP contribution in [-0.4, -0.2) is 53.5 Å². The van der Waals surface area contributed by atoms with Gasteiger partial charge in [0.05, 0.1) is 59.2 Å². The number of benzene rings is 2. The molecule has 1 amide bonds. The smallest absolute Gasteiger partial charge is 0.416 e. The fraction of sp³-hybridized carbons (Fsp3) is 0.433. The summed E-state index contributed by atoms with van der Waals surface area (Å²) in [5.74, 6) is -0.160. The van der Waals surface area contributed by atoms with Gasteiger partial charge in [-0.3, -0.25) is 4.90 Å². The first kappa shape index (κ1) is 34.1. The second kappa shape index (κ2) is 12.7. The maximum absolute atomic E-state index is 13.7. The van der Waals surface area contributed by atoms with Crippen molar-refractivity contribution in [2.45, 2.75) is 56.8 Å². The summed E-state index contributed by atoms with van der Waals surface area (Å²) in [4.78, 5) is 23.6. The summed E-state index contributed by atoms with van der Waals surface area (Å²) in [6, 6.07) is 2.35. The lowest BCUT2D eigenvalue weighted by molar-refractivity contribution is -0.143. The fourth-order valence-electron chi connectivity index (χ4n) is 5.83. The molecule has 0 unspecified atom stereocenters. The van der Waals surface area contributed by atoms with Crippen molar-refractivity contribution in [2.24, 2.45) is 0 Å². The Bertz CT molecular complexity index is 1590. The van der Waals surface area contributed by atoms with Crippen molar-refractivity contribution in [3.05, 3.63) is 76.1 Å². The number of nitrogens with zero attached hydrogens (tertiary/aromatic N) is 4. The molecular formula is C30H28F9N5O3. The first-order chi connectivity index (χ1) is 22.0. The minimum Gasteiger partial charge on any atom is -0.465 e. The molecule has 0 radical (unpaired) electrons. The Labute approximate surface area is 262 Å². The number of hydrogen-bond acceptors (Lipinski definition) is 6. The predicted octanol–water partition coefficient (Wildman–Crippen LogP) is 7.78. The van der Waals surface area contributed by atoms with Crippen LogP contribution in [0.4, 0.5) is 61.6 Å². The van der Waals surface area contributed by atoms with Gasteiger partial charge in [-0.05, 0) is 60.4 Å². The van der Waals surface area contributed by atoms with Crippen LogP contribution in [0.2, 0.25) is 0 Å². The molecule has 1 fully saturated rings. The van der Waals surface area contributed by atoms with E-state index >= 15 is 0 Å². The number of halogens is 9. The van der Waals surface area contributed by atoms with Crippen LogP contribution in [0.3, 0.4) is 0 Å². The summed E-state index contributed by atoms with van der Waals surface area (Å²) in [7, 11) is 0. The van der Waals surface area contributed by atoms with E-state index in [1.807, 2.05) is 0 Å². The number of alkyl halides is 9. The number of amides is 1. The molecule has 1 saturated heterocycles. The quantitative estimate of drug-likeness (QED) is 0.258. The van der Waals surface area contributed by atoms with Gasteiger partial charge >= 0.3 is 24.6 Å². The number of ether oxygens (including phenoxy) is 1. The number of anilines is 3. The Morgan fingerprint density at radius 2 is 1.53 bits per heavy atom. The molecule has 1 aromatic heterocycles. The Morgan fingerprint density at radius 1 is 0.915 bits per heavy atom. The first-order valence-electron chi connectivity index (χ1n) is 14.4. The van der Waals surface area contributed by atoms with Crippen LogP contribution in [0.15, 0.2) is 42.6 Å². The average molecular weight is 678 g/mol. The highest BCUT2D eigenvalue weighted by molar-refractivity contribution is 5.89. The molecule has 254 valence electrons. The van der Waals surface area contributed by atoms with E-state index in [1.54, 1.807) is 11.8 Å². The van der Waals surface area contributed by atoms with Crippen LogP contribution in [-0.2, 0) is 29.7 Å². The molecule has 0 aliphatic carbocycles. The van der Waals surface area contributed by atoms with E-state index in [-0.39, 0.29) is 40.9 Å². The number of aromatic nitrogens is 2. The topological polar surface area (TPSA) is 90.8 Å². The molecule has 5 rings (SSSR count). The highest BCUT2D eigenvalue weighted by Gasteiger charge is 2.40. The third-order valence-electron chi connectivity index (χ3n) is 8.06. The molecule has 2 aliphatic heterocycles. The molecule has 0 saturated carbocycles. The molecule has 2 aromatic carbocycles. The lowest BCUT2D eigenvalue weighted by atomic mass is 9.89. The van der Waals surface area contributed by atoms with E-state index < -0.39 is 59.8 Å². The SMILES string of the molecule is CC[C@@H]1C[C@H](Nc2ncc(N3CCOCC3)c(Cc3cc(C(F)(F)F)cc(C(F)(F)F)c3)n2)c2cc(C(F)(F)F)ccc2N1C(=O)O. The van der Waals surface area contributed by atoms with Gasteiger partial charge in [0.2, 0.25) is 5.95 Å². The molecule has 0 spiro atoms. The van der Waals surface area contributed by atoms with Crippen molar-refractivity contribution in [1.82, 2.24) is 9.97 Å². The molecule has 47 heavy (non-hydrogen) atoms. The monoisotopic (exact) mass is 677 g/mol. The van der Waals surface area contributed by atoms with Crippen molar-refractivity contribution in [2.75, 3.05) is 41.4 Å². The van der Waals surface area contributed by atoms with Crippen molar-refractivity contribution in [3.8, 4) is 0 Å². The Balaban J connectivity index is 1.58. The van der Waals surface area contributed by atoms with Gasteiger partial charge in [-0.2, -0.15) is 39.5 Å². The van der Waals surface area contributed by atoms with Crippen molar-refractivity contribution >= 4 is 23.4 Å². The lowest BCUT2D eigenvalue weighted by Gasteiger charge is -2.39. The minimum atomic E-state index is -5.06. The zero-order chi connectivity index (χ0) is 34.3. The zero-order valence-electron chi connectivity index (χ0n) is 24.6. The normalized spacial score (nSPS) is 19.0. The molecule has 3 heterocycles. The summed E-state index contributed by atoms with van der Waals surface area (Å²) in [6.07, 6.45) is -15.0. The van der Waals surface area contributed by atoms with E-state index in [0.29, 0.717) is 50.5 Å². The van der Waals surface area contributed by atoms with Gasteiger partial charge in [0.1, 0.15) is 0 Å². The molecule has 8 nitrogen and oxygen atoms in total. The number of rotatable bonds is 6. The van der Waals surface area contributed by atoms with Crippen LogP contribution in [0, 0.1) is 0 Å². The van der Waals surface area contributed by atoms with Gasteiger partial charge in [-0.1, -0.05) is 6.92 Å². The summed E-state index contributed by atoms with van der Waals surface area (Å²) >= 11 is 0. The highest BCUT2D eigenvalue weighted by atomic mass is 19.4. The molecule has 3 aromatic rings. The number of morpholine rings is 1. The highest BCUT2D eigenvalue weighted by Crippen LogP contribution is 2.43.